The maximum atomic E-state index is 12.0. The van der Waals surface area contributed by atoms with Gasteiger partial charge in [-0.3, -0.25) is 9.71 Å². The number of phenolic OH excluding ortho intramolecular Hbond substituents is 1. The van der Waals surface area contributed by atoms with Crippen molar-refractivity contribution in [3.05, 3.63) is 53.6 Å². The summed E-state index contributed by atoms with van der Waals surface area (Å²) < 4.78 is 55.5. The molecule has 0 spiro atoms. The zero-order valence-electron chi connectivity index (χ0n) is 24.3. The lowest BCUT2D eigenvalue weighted by Crippen LogP contribution is -2.32. The summed E-state index contributed by atoms with van der Waals surface area (Å²) >= 11 is 0. The van der Waals surface area contributed by atoms with Crippen LogP contribution in [-0.2, 0) is 26.7 Å². The van der Waals surface area contributed by atoms with Crippen LogP contribution >= 0.6 is 0 Å². The fourth-order valence-electron chi connectivity index (χ4n) is 4.39. The molecule has 0 aromatic heterocycles. The molecule has 0 radical (unpaired) electrons. The lowest BCUT2D eigenvalue weighted by atomic mass is 10.0. The van der Waals surface area contributed by atoms with Crippen molar-refractivity contribution in [2.75, 3.05) is 29.4 Å². The third-order valence-corrected chi connectivity index (χ3v) is 8.03. The maximum Gasteiger partial charge on any atom is 0.345 e. The number of amidine groups is 2. The van der Waals surface area contributed by atoms with E-state index in [4.69, 9.17) is 0 Å². The highest BCUT2D eigenvalue weighted by Gasteiger charge is 2.26. The first kappa shape index (κ1) is 33.3. The van der Waals surface area contributed by atoms with E-state index in [0.717, 1.165) is 31.1 Å². The minimum absolute atomic E-state index is 0.00144. The molecule has 0 saturated heterocycles. The summed E-state index contributed by atoms with van der Waals surface area (Å²) in [6.45, 7) is 4.89. The molecule has 1 heterocycles. The number of sulfonamides is 1. The Morgan fingerprint density at radius 2 is 1.74 bits per heavy atom. The van der Waals surface area contributed by atoms with E-state index in [9.17, 15) is 27.0 Å². The molecule has 3 rings (SSSR count). The van der Waals surface area contributed by atoms with E-state index in [1.165, 1.54) is 37.5 Å². The lowest BCUT2D eigenvalue weighted by Gasteiger charge is -2.19. The zero-order valence-corrected chi connectivity index (χ0v) is 25.9. The molecule has 0 aliphatic carbocycles. The van der Waals surface area contributed by atoms with E-state index < -0.39 is 26.3 Å². The number of aliphatic hydroxyl groups excluding tert-OH is 1. The van der Waals surface area contributed by atoms with Crippen LogP contribution in [-0.4, -0.2) is 64.1 Å². The lowest BCUT2D eigenvalue weighted by molar-refractivity contribution is 0.170. The Bertz CT molecular complexity index is 1460. The van der Waals surface area contributed by atoms with Gasteiger partial charge in [0.1, 0.15) is 5.75 Å². The van der Waals surface area contributed by atoms with Crippen LogP contribution in [0.15, 0.2) is 51.9 Å². The molecule has 42 heavy (non-hydrogen) atoms. The Hall–Kier alpha value is -3.20. The van der Waals surface area contributed by atoms with E-state index >= 15 is 0 Å². The van der Waals surface area contributed by atoms with Crippen molar-refractivity contribution in [2.45, 2.75) is 70.9 Å². The van der Waals surface area contributed by atoms with E-state index in [1.807, 2.05) is 31.2 Å². The van der Waals surface area contributed by atoms with Crippen molar-refractivity contribution >= 4 is 43.3 Å². The number of anilines is 2. The predicted octanol–water partition coefficient (Wildman–Crippen LogP) is 3.44. The van der Waals surface area contributed by atoms with Gasteiger partial charge < -0.3 is 20.8 Å². The molecule has 14 heteroatoms. The highest BCUT2D eigenvalue weighted by Crippen LogP contribution is 2.27. The number of aliphatic hydroxyl groups is 1. The Morgan fingerprint density at radius 1 is 1.05 bits per heavy atom. The normalized spacial score (nSPS) is 17.0. The molecule has 232 valence electrons. The highest BCUT2D eigenvalue weighted by atomic mass is 32.2. The number of hydrogen-bond donors (Lipinski definition) is 6. The van der Waals surface area contributed by atoms with Crippen LogP contribution in [0.1, 0.15) is 69.6 Å². The summed E-state index contributed by atoms with van der Waals surface area (Å²) in [4.78, 5) is 4.41. The monoisotopic (exact) mass is 622 g/mol. The molecule has 1 aliphatic heterocycles. The largest absolute Gasteiger partial charge is 0.506 e. The first-order valence-corrected chi connectivity index (χ1v) is 17.4. The van der Waals surface area contributed by atoms with Gasteiger partial charge in [-0.2, -0.15) is 8.42 Å². The van der Waals surface area contributed by atoms with Gasteiger partial charge in [0.25, 0.3) is 0 Å². The number of aliphatic imine (C=N–C) groups is 1. The summed E-state index contributed by atoms with van der Waals surface area (Å²) in [6.07, 6.45) is 7.42. The van der Waals surface area contributed by atoms with Gasteiger partial charge in [-0.05, 0) is 55.2 Å². The molecular weight excluding hydrogens is 580 g/mol. The molecule has 0 fully saturated rings. The second-order valence-electron chi connectivity index (χ2n) is 10.5. The molecule has 12 nitrogen and oxygen atoms in total. The second kappa shape index (κ2) is 15.3. The SMILES string of the molecule is CCCCCCCCN=C1NS(=O)(=O)N=C1Nc1ccc(CC(C)NC[C@H](O)c2ccc(O)c(NS(C)(=O)=O)c2)cc1. The minimum Gasteiger partial charge on any atom is -0.506 e. The van der Waals surface area contributed by atoms with E-state index in [0.29, 0.717) is 24.2 Å². The van der Waals surface area contributed by atoms with Crippen LogP contribution in [0.2, 0.25) is 0 Å². The third kappa shape index (κ3) is 11.2. The van der Waals surface area contributed by atoms with Crippen molar-refractivity contribution in [2.24, 2.45) is 9.39 Å². The van der Waals surface area contributed by atoms with Crippen LogP contribution in [0.25, 0.3) is 0 Å². The molecule has 0 bridgehead atoms. The van der Waals surface area contributed by atoms with Gasteiger partial charge in [0.15, 0.2) is 11.7 Å². The molecule has 0 amide bonds. The second-order valence-corrected chi connectivity index (χ2v) is 13.6. The van der Waals surface area contributed by atoms with E-state index in [-0.39, 0.29) is 35.7 Å². The molecule has 2 aromatic rings. The number of unbranched alkanes of at least 4 members (excludes halogenated alkanes) is 5. The molecule has 1 aliphatic rings. The van der Waals surface area contributed by atoms with Crippen LogP contribution in [0, 0.1) is 0 Å². The summed E-state index contributed by atoms with van der Waals surface area (Å²) in [7, 11) is -7.40. The fourth-order valence-corrected chi connectivity index (χ4v) is 5.78. The van der Waals surface area contributed by atoms with Crippen molar-refractivity contribution in [1.29, 1.82) is 0 Å². The van der Waals surface area contributed by atoms with Gasteiger partial charge in [0.05, 0.1) is 18.0 Å². The van der Waals surface area contributed by atoms with Crippen LogP contribution in [0.4, 0.5) is 11.4 Å². The summed E-state index contributed by atoms with van der Waals surface area (Å²) in [5.41, 5.74) is 2.15. The summed E-state index contributed by atoms with van der Waals surface area (Å²) in [6, 6.07) is 11.8. The van der Waals surface area contributed by atoms with E-state index in [1.54, 1.807) is 0 Å². The van der Waals surface area contributed by atoms with Crippen LogP contribution < -0.4 is 20.1 Å². The highest BCUT2D eigenvalue weighted by molar-refractivity contribution is 7.92. The Labute approximate surface area is 249 Å². The van der Waals surface area contributed by atoms with Crippen molar-refractivity contribution in [3.8, 4) is 5.75 Å². The standard InChI is InChI=1S/C28H42N6O6S2/c1-4-5-6-7-8-9-16-29-27-28(34-42(39,40)33-27)31-23-13-10-21(11-14-23)17-20(2)30-19-26(36)22-12-15-25(35)24(18-22)32-41(3,37)38/h10-15,18,20,26,30,32,35-36H,4-9,16-17,19H2,1-3H3,(H,29,33)(H,31,34)/t20?,26-/m0/s1. The molecule has 1 unspecified atom stereocenters. The molecule has 2 atom stereocenters. The predicted molar refractivity (Wildman–Crippen MR) is 168 cm³/mol. The molecular formula is C28H42N6O6S2. The van der Waals surface area contributed by atoms with Gasteiger partial charge in [-0.25, -0.2) is 13.1 Å². The zero-order chi connectivity index (χ0) is 30.8. The number of benzene rings is 2. The quantitative estimate of drug-likeness (QED) is 0.122. The topological polar surface area (TPSA) is 182 Å². The van der Waals surface area contributed by atoms with Crippen LogP contribution in [0.3, 0.4) is 0 Å². The Morgan fingerprint density at radius 3 is 2.43 bits per heavy atom. The van der Waals surface area contributed by atoms with Gasteiger partial charge >= 0.3 is 10.2 Å². The van der Waals surface area contributed by atoms with Gasteiger partial charge in [-0.1, -0.05) is 57.2 Å². The first-order chi connectivity index (χ1) is 19.8. The van der Waals surface area contributed by atoms with Gasteiger partial charge in [0, 0.05) is 24.8 Å². The number of hydrogen-bond acceptors (Lipinski definition) is 9. The number of phenols is 1. The molecule has 6 N–H and O–H groups in total. The van der Waals surface area contributed by atoms with Crippen LogP contribution in [0.5, 0.6) is 5.75 Å². The van der Waals surface area contributed by atoms with Crippen molar-refractivity contribution < 1.29 is 27.0 Å². The molecule has 0 saturated carbocycles. The van der Waals surface area contributed by atoms with Crippen molar-refractivity contribution in [1.82, 2.24) is 10.0 Å². The number of nitrogens with zero attached hydrogens (tertiary/aromatic N) is 2. The van der Waals surface area contributed by atoms with Gasteiger partial charge in [-0.15, -0.1) is 4.40 Å². The number of nitrogens with one attached hydrogen (secondary N) is 4. The maximum absolute atomic E-state index is 12.0. The van der Waals surface area contributed by atoms with E-state index in [2.05, 4.69) is 36.4 Å². The Balaban J connectivity index is 1.50. The number of rotatable bonds is 16. The third-order valence-electron chi connectivity index (χ3n) is 6.56. The minimum atomic E-state index is -3.82. The Kier molecular flexibility index (Phi) is 12.2. The summed E-state index contributed by atoms with van der Waals surface area (Å²) in [5.74, 6) is 0.156. The summed E-state index contributed by atoms with van der Waals surface area (Å²) in [5, 5.41) is 26.8. The fraction of sp³-hybridized carbons (Fsp3) is 0.500. The average Bonchev–Trinajstić information content (AvgIpc) is 3.20. The van der Waals surface area contributed by atoms with Crippen molar-refractivity contribution in [3.63, 3.8) is 0 Å². The van der Waals surface area contributed by atoms with Gasteiger partial charge in [0.2, 0.25) is 10.0 Å². The average molecular weight is 623 g/mol. The number of aromatic hydroxyl groups is 1. The smallest absolute Gasteiger partial charge is 0.345 e. The molecule has 2 aromatic carbocycles. The first-order valence-electron chi connectivity index (χ1n) is 14.1.